The van der Waals surface area contributed by atoms with E-state index < -0.39 is 21.6 Å². The predicted molar refractivity (Wildman–Crippen MR) is 113 cm³/mol. The van der Waals surface area contributed by atoms with Crippen molar-refractivity contribution in [3.8, 4) is 11.1 Å². The monoisotopic (exact) mass is 574 g/mol. The SMILES string of the molecule is CCCCC(=O)[NH][Hf]([Cl])([Cl])([c]1cccc2c1Cc1ccccc1-2)[SiH](C)C. The van der Waals surface area contributed by atoms with Crippen LogP contribution in [-0.4, -0.2) is 11.9 Å². The Morgan fingerprint density at radius 3 is 2.50 bits per heavy atom. The fourth-order valence-electron chi connectivity index (χ4n) is 3.76. The first-order valence-corrected chi connectivity index (χ1v) is 31.0. The first-order valence-electron chi connectivity index (χ1n) is 9.36. The summed E-state index contributed by atoms with van der Waals surface area (Å²) in [5, 5.41) is 0. The molecule has 3 rings (SSSR count). The molecule has 2 aromatic carbocycles. The molecule has 0 unspecified atom stereocenters. The third-order valence-corrected chi connectivity index (χ3v) is 67.3. The molecule has 2 aromatic rings. The van der Waals surface area contributed by atoms with Gasteiger partial charge in [0.2, 0.25) is 0 Å². The summed E-state index contributed by atoms with van der Waals surface area (Å²) >= 11 is -4.74. The van der Waals surface area contributed by atoms with Gasteiger partial charge in [-0.2, -0.15) is 0 Å². The molecular weight excluding hydrogens is 548 g/mol. The zero-order chi connectivity index (χ0) is 19.0. The second-order valence-corrected chi connectivity index (χ2v) is 62.8. The van der Waals surface area contributed by atoms with Gasteiger partial charge in [-0.25, -0.2) is 0 Å². The zero-order valence-electron chi connectivity index (χ0n) is 15.6. The van der Waals surface area contributed by atoms with Crippen molar-refractivity contribution in [1.29, 1.82) is 0 Å². The summed E-state index contributed by atoms with van der Waals surface area (Å²) in [6.45, 7) is 6.44. The number of amides is 1. The Kier molecular flexibility index (Phi) is 5.89. The molecule has 0 spiro atoms. The topological polar surface area (TPSA) is 29.1 Å². The van der Waals surface area contributed by atoms with E-state index in [9.17, 15) is 4.79 Å². The molecule has 0 radical (unpaired) electrons. The molecule has 6 heteroatoms. The van der Waals surface area contributed by atoms with E-state index >= 15 is 0 Å². The van der Waals surface area contributed by atoms with Crippen LogP contribution in [0.15, 0.2) is 42.5 Å². The molecule has 0 aromatic heterocycles. The van der Waals surface area contributed by atoms with Crippen molar-refractivity contribution in [2.24, 2.45) is 0 Å². The Balaban J connectivity index is 2.09. The Bertz CT molecular complexity index is 853. The first-order chi connectivity index (χ1) is 12.3. The third-order valence-electron chi connectivity index (χ3n) is 5.48. The number of carbonyl (C=O) groups is 1. The van der Waals surface area contributed by atoms with Crippen molar-refractivity contribution < 1.29 is 20.4 Å². The van der Waals surface area contributed by atoms with Crippen molar-refractivity contribution in [2.45, 2.75) is 45.7 Å². The van der Waals surface area contributed by atoms with Crippen LogP contribution in [0.1, 0.15) is 37.3 Å². The molecule has 0 saturated heterocycles. The van der Waals surface area contributed by atoms with Crippen LogP contribution in [0.4, 0.5) is 0 Å². The summed E-state index contributed by atoms with van der Waals surface area (Å²) in [5.41, 5.74) is 5.02. The van der Waals surface area contributed by atoms with Crippen LogP contribution in [0.5, 0.6) is 0 Å². The van der Waals surface area contributed by atoms with E-state index in [2.05, 4.69) is 59.7 Å². The number of fused-ring (bicyclic) bond motifs is 3. The van der Waals surface area contributed by atoms with Crippen LogP contribution in [0.2, 0.25) is 13.1 Å². The summed E-state index contributed by atoms with van der Waals surface area (Å²) in [7, 11) is 14.7. The van der Waals surface area contributed by atoms with Crippen molar-refractivity contribution >= 4 is 32.4 Å². The Morgan fingerprint density at radius 2 is 1.81 bits per heavy atom. The number of hydrogen-bond acceptors (Lipinski definition) is 1. The van der Waals surface area contributed by atoms with E-state index in [0.717, 1.165) is 22.6 Å². The molecule has 2 nitrogen and oxygen atoms in total. The molecule has 0 saturated carbocycles. The average molecular weight is 574 g/mol. The molecule has 1 N–H and O–H groups in total. The molecule has 139 valence electrons. The van der Waals surface area contributed by atoms with Crippen LogP contribution >= 0.6 is 17.2 Å². The van der Waals surface area contributed by atoms with Crippen molar-refractivity contribution in [3.05, 3.63) is 53.6 Å². The van der Waals surface area contributed by atoms with Crippen molar-refractivity contribution in [1.82, 2.24) is 3.30 Å². The molecule has 26 heavy (non-hydrogen) atoms. The molecule has 0 heterocycles. The zero-order valence-corrected chi connectivity index (χ0v) is 21.9. The summed E-state index contributed by atoms with van der Waals surface area (Å²) < 4.78 is 4.31. The molecule has 0 aliphatic heterocycles. The Hall–Kier alpha value is -0.423. The summed E-state index contributed by atoms with van der Waals surface area (Å²) in [5.74, 6) is -1.53. The van der Waals surface area contributed by atoms with E-state index in [1.54, 1.807) is 0 Å². The van der Waals surface area contributed by atoms with Crippen LogP contribution in [-0.2, 0) is 26.8 Å². The second-order valence-electron chi connectivity index (χ2n) is 7.55. The third kappa shape index (κ3) is 3.50. The van der Waals surface area contributed by atoms with Gasteiger partial charge in [0, 0.05) is 0 Å². The first kappa shape index (κ1) is 20.3. The van der Waals surface area contributed by atoms with Crippen molar-refractivity contribution in [2.75, 3.05) is 0 Å². The van der Waals surface area contributed by atoms with Gasteiger partial charge in [-0.3, -0.25) is 0 Å². The number of unbranched alkanes of at least 4 members (excludes halogenated alkanes) is 1. The predicted octanol–water partition coefficient (Wildman–Crippen LogP) is 5.09. The van der Waals surface area contributed by atoms with Crippen molar-refractivity contribution in [3.63, 3.8) is 0 Å². The van der Waals surface area contributed by atoms with Gasteiger partial charge in [0.25, 0.3) is 0 Å². The minimum absolute atomic E-state index is 0.0153. The molecule has 1 aliphatic rings. The van der Waals surface area contributed by atoms with Gasteiger partial charge < -0.3 is 0 Å². The van der Waals surface area contributed by atoms with Gasteiger partial charge in [0.15, 0.2) is 0 Å². The molecule has 1 aliphatic carbocycles. The van der Waals surface area contributed by atoms with Crippen LogP contribution in [0.3, 0.4) is 0 Å². The quantitative estimate of drug-likeness (QED) is 0.409. The van der Waals surface area contributed by atoms with Crippen LogP contribution in [0.25, 0.3) is 11.1 Å². The molecule has 0 atom stereocenters. The maximum atomic E-state index is 12.6. The molecule has 0 bridgehead atoms. The van der Waals surface area contributed by atoms with Gasteiger partial charge in [-0.1, -0.05) is 0 Å². The minimum atomic E-state index is -4.74. The van der Waals surface area contributed by atoms with Crippen LogP contribution < -0.4 is 6.62 Å². The van der Waals surface area contributed by atoms with Gasteiger partial charge in [-0.05, 0) is 0 Å². The van der Waals surface area contributed by atoms with Gasteiger partial charge in [0.05, 0.1) is 0 Å². The normalized spacial score (nSPS) is 14.5. The van der Waals surface area contributed by atoms with E-state index in [-0.39, 0.29) is 5.91 Å². The molecule has 1 amide bonds. The summed E-state index contributed by atoms with van der Waals surface area (Å²) in [4.78, 5) is 12.6. The molecular formula is C20H26Cl2HfNOSi. The maximum absolute atomic E-state index is 12.6. The number of halogens is 2. The number of carbonyl (C=O) groups excluding carboxylic acids is 1. The Morgan fingerprint density at radius 1 is 1.12 bits per heavy atom. The second kappa shape index (κ2) is 7.54. The van der Waals surface area contributed by atoms with Gasteiger partial charge in [0.1, 0.15) is 0 Å². The van der Waals surface area contributed by atoms with E-state index in [1.165, 1.54) is 22.3 Å². The van der Waals surface area contributed by atoms with E-state index in [0.29, 0.717) is 6.42 Å². The summed E-state index contributed by atoms with van der Waals surface area (Å²) in [6.07, 6.45) is 3.20. The number of hydrogen-bond donors (Lipinski definition) is 1. The van der Waals surface area contributed by atoms with E-state index in [1.807, 2.05) is 6.07 Å². The fraction of sp³-hybridized carbons (Fsp3) is 0.350. The van der Waals surface area contributed by atoms with Gasteiger partial charge in [-0.15, -0.1) is 0 Å². The summed E-state index contributed by atoms with van der Waals surface area (Å²) in [6, 6.07) is 14.7. The Labute approximate surface area is 165 Å². The van der Waals surface area contributed by atoms with E-state index in [4.69, 9.17) is 17.2 Å². The number of nitrogens with one attached hydrogen (secondary N) is 1. The fourth-order valence-corrected chi connectivity index (χ4v) is 29.6. The molecule has 0 fully saturated rings. The average Bonchev–Trinajstić information content (AvgIpc) is 2.98. The number of benzene rings is 2. The standard InChI is InChI=1S/C13H9.C5H11NO.C2H7Si.2ClH.Hf/c1-3-7-12-10(5-1)9-11-6-2-4-8-13(11)12;1-2-3-4-5(6)7;1-3-2;;;/h1-5,7-8H,9H2;2-4H2,1H3,(H2,6,7);3H,1-2H3;2*1H;/q;;;;;+3/p-3. The number of rotatable bonds is 6. The van der Waals surface area contributed by atoms with Gasteiger partial charge >= 0.3 is 166 Å². The van der Waals surface area contributed by atoms with Crippen LogP contribution in [0, 0.1) is 0 Å².